The van der Waals surface area contributed by atoms with Crippen LogP contribution in [0.4, 0.5) is 0 Å². The number of hydroxylamine groups is 2. The van der Waals surface area contributed by atoms with Crippen molar-refractivity contribution < 1.29 is 9.68 Å². The Kier molecular flexibility index (Phi) is 3.08. The van der Waals surface area contributed by atoms with Crippen molar-refractivity contribution >= 4 is 0 Å². The van der Waals surface area contributed by atoms with E-state index in [0.717, 1.165) is 13.1 Å². The number of hydrogen-bond acceptors (Lipinski definition) is 4. The van der Waals surface area contributed by atoms with Crippen molar-refractivity contribution in [2.75, 3.05) is 26.3 Å². The van der Waals surface area contributed by atoms with Gasteiger partial charge in [-0.3, -0.25) is 9.68 Å². The van der Waals surface area contributed by atoms with Gasteiger partial charge in [0.15, 0.2) is 0 Å². The van der Waals surface area contributed by atoms with Crippen molar-refractivity contribution in [3.05, 3.63) is 0 Å². The average molecular weight is 146 g/mol. The third-order valence-corrected chi connectivity index (χ3v) is 1.35. The highest BCUT2D eigenvalue weighted by Crippen LogP contribution is 2.04. The molecular weight excluding hydrogens is 132 g/mol. The maximum absolute atomic E-state index is 5.26. The fourth-order valence-corrected chi connectivity index (χ4v) is 0.912. The highest BCUT2D eigenvalue weighted by molar-refractivity contribution is 4.37. The Labute approximate surface area is 61.2 Å². The minimum atomic E-state index is 0.657. The first-order chi connectivity index (χ1) is 4.88. The molecule has 0 saturated carbocycles. The van der Waals surface area contributed by atoms with Crippen LogP contribution in [0.2, 0.25) is 0 Å². The first-order valence-corrected chi connectivity index (χ1v) is 3.69. The quantitative estimate of drug-likeness (QED) is 0.563. The SMILES string of the molecule is CCN1OCCON1CC. The molecule has 1 aliphatic heterocycles. The summed E-state index contributed by atoms with van der Waals surface area (Å²) in [5.74, 6) is 0. The number of nitrogens with zero attached hydrogens (tertiary/aromatic N) is 2. The molecule has 1 fully saturated rings. The van der Waals surface area contributed by atoms with Crippen LogP contribution in [0.25, 0.3) is 0 Å². The molecule has 0 N–H and O–H groups in total. The number of rotatable bonds is 2. The van der Waals surface area contributed by atoms with Crippen LogP contribution in [0.1, 0.15) is 13.8 Å². The van der Waals surface area contributed by atoms with Gasteiger partial charge in [-0.05, 0) is 13.8 Å². The molecular formula is C6H14N2O2. The van der Waals surface area contributed by atoms with Gasteiger partial charge in [-0.15, -0.1) is 0 Å². The van der Waals surface area contributed by atoms with Gasteiger partial charge in [-0.25, -0.2) is 0 Å². The summed E-state index contributed by atoms with van der Waals surface area (Å²) in [6.45, 7) is 7.02. The van der Waals surface area contributed by atoms with E-state index in [1.165, 1.54) is 0 Å². The Morgan fingerprint density at radius 1 is 1.00 bits per heavy atom. The van der Waals surface area contributed by atoms with E-state index in [-0.39, 0.29) is 0 Å². The first kappa shape index (κ1) is 7.94. The second kappa shape index (κ2) is 3.88. The zero-order valence-corrected chi connectivity index (χ0v) is 6.54. The van der Waals surface area contributed by atoms with Gasteiger partial charge >= 0.3 is 0 Å². The van der Waals surface area contributed by atoms with Gasteiger partial charge in [0.2, 0.25) is 0 Å². The van der Waals surface area contributed by atoms with Crippen LogP contribution in [0.15, 0.2) is 0 Å². The fraction of sp³-hybridized carbons (Fsp3) is 1.00. The lowest BCUT2D eigenvalue weighted by atomic mass is 10.7. The molecule has 60 valence electrons. The van der Waals surface area contributed by atoms with E-state index in [4.69, 9.17) is 9.68 Å². The second-order valence-corrected chi connectivity index (χ2v) is 2.00. The van der Waals surface area contributed by atoms with Crippen LogP contribution in [0, 0.1) is 0 Å². The minimum Gasteiger partial charge on any atom is -0.280 e. The molecule has 4 heteroatoms. The lowest BCUT2D eigenvalue weighted by Gasteiger charge is -2.34. The monoisotopic (exact) mass is 146 g/mol. The Balaban J connectivity index is 2.34. The maximum atomic E-state index is 5.26. The molecule has 0 atom stereocenters. The zero-order chi connectivity index (χ0) is 7.40. The summed E-state index contributed by atoms with van der Waals surface area (Å²) in [4.78, 5) is 10.5. The Morgan fingerprint density at radius 2 is 1.40 bits per heavy atom. The predicted molar refractivity (Wildman–Crippen MR) is 36.7 cm³/mol. The van der Waals surface area contributed by atoms with E-state index in [2.05, 4.69) is 0 Å². The molecule has 0 amide bonds. The molecule has 0 spiro atoms. The van der Waals surface area contributed by atoms with Gasteiger partial charge < -0.3 is 0 Å². The molecule has 1 heterocycles. The number of hydrogen-bond donors (Lipinski definition) is 0. The summed E-state index contributed by atoms with van der Waals surface area (Å²) in [6, 6.07) is 0. The predicted octanol–water partition coefficient (Wildman–Crippen LogP) is 0.422. The largest absolute Gasteiger partial charge is 0.280 e. The minimum absolute atomic E-state index is 0.657. The molecule has 0 aromatic heterocycles. The Morgan fingerprint density at radius 3 is 1.70 bits per heavy atom. The van der Waals surface area contributed by atoms with Crippen molar-refractivity contribution in [2.45, 2.75) is 13.8 Å². The molecule has 0 bridgehead atoms. The summed E-state index contributed by atoms with van der Waals surface area (Å²) < 4.78 is 0. The molecule has 0 unspecified atom stereocenters. The molecule has 0 radical (unpaired) electrons. The Hall–Kier alpha value is -0.160. The molecule has 0 aromatic carbocycles. The van der Waals surface area contributed by atoms with Crippen molar-refractivity contribution in [2.24, 2.45) is 0 Å². The van der Waals surface area contributed by atoms with Gasteiger partial charge in [0.25, 0.3) is 0 Å². The molecule has 0 aromatic rings. The molecule has 1 aliphatic rings. The molecule has 1 rings (SSSR count). The summed E-state index contributed by atoms with van der Waals surface area (Å²) in [6.07, 6.45) is 0. The standard InChI is InChI=1S/C6H14N2O2/c1-3-7-8(4-2)10-6-5-9-7/h3-6H2,1-2H3. The van der Waals surface area contributed by atoms with Crippen molar-refractivity contribution in [3.63, 3.8) is 0 Å². The van der Waals surface area contributed by atoms with E-state index < -0.39 is 0 Å². The molecule has 4 nitrogen and oxygen atoms in total. The normalized spacial score (nSPS) is 23.4. The summed E-state index contributed by atoms with van der Waals surface area (Å²) in [5, 5.41) is 3.45. The van der Waals surface area contributed by atoms with Gasteiger partial charge in [-0.1, -0.05) is 10.3 Å². The third-order valence-electron chi connectivity index (χ3n) is 1.35. The van der Waals surface area contributed by atoms with E-state index in [1.54, 1.807) is 10.3 Å². The molecule has 0 aliphatic carbocycles. The second-order valence-electron chi connectivity index (χ2n) is 2.00. The van der Waals surface area contributed by atoms with Crippen molar-refractivity contribution in [1.82, 2.24) is 10.3 Å². The van der Waals surface area contributed by atoms with Gasteiger partial charge in [0.1, 0.15) is 0 Å². The lowest BCUT2D eigenvalue weighted by molar-refractivity contribution is -0.442. The molecule has 10 heavy (non-hydrogen) atoms. The average Bonchev–Trinajstić information content (AvgIpc) is 2.04. The van der Waals surface area contributed by atoms with E-state index in [1.807, 2.05) is 13.8 Å². The highest BCUT2D eigenvalue weighted by Gasteiger charge is 2.17. The van der Waals surface area contributed by atoms with Gasteiger partial charge in [0.05, 0.1) is 13.2 Å². The zero-order valence-electron chi connectivity index (χ0n) is 6.54. The van der Waals surface area contributed by atoms with Crippen LogP contribution in [-0.4, -0.2) is 36.6 Å². The third kappa shape index (κ3) is 1.67. The Bertz CT molecular complexity index is 87.7. The van der Waals surface area contributed by atoms with Gasteiger partial charge in [0, 0.05) is 13.1 Å². The summed E-state index contributed by atoms with van der Waals surface area (Å²) in [7, 11) is 0. The van der Waals surface area contributed by atoms with Crippen LogP contribution in [0.3, 0.4) is 0 Å². The highest BCUT2D eigenvalue weighted by atomic mass is 16.9. The molecule has 1 saturated heterocycles. The first-order valence-electron chi connectivity index (χ1n) is 3.69. The fourth-order valence-electron chi connectivity index (χ4n) is 0.912. The topological polar surface area (TPSA) is 24.9 Å². The van der Waals surface area contributed by atoms with Crippen LogP contribution in [0.5, 0.6) is 0 Å². The van der Waals surface area contributed by atoms with Crippen LogP contribution < -0.4 is 0 Å². The lowest BCUT2D eigenvalue weighted by Crippen LogP contribution is -2.47. The number of hydrazine groups is 1. The van der Waals surface area contributed by atoms with E-state index >= 15 is 0 Å². The van der Waals surface area contributed by atoms with E-state index in [0.29, 0.717) is 13.2 Å². The smallest absolute Gasteiger partial charge is 0.0957 e. The van der Waals surface area contributed by atoms with Crippen LogP contribution in [-0.2, 0) is 9.68 Å². The van der Waals surface area contributed by atoms with Crippen LogP contribution >= 0.6 is 0 Å². The summed E-state index contributed by atoms with van der Waals surface area (Å²) >= 11 is 0. The maximum Gasteiger partial charge on any atom is 0.0957 e. The van der Waals surface area contributed by atoms with E-state index in [9.17, 15) is 0 Å². The van der Waals surface area contributed by atoms with Crippen molar-refractivity contribution in [3.8, 4) is 0 Å². The van der Waals surface area contributed by atoms with Gasteiger partial charge in [-0.2, -0.15) is 0 Å². The van der Waals surface area contributed by atoms with Crippen molar-refractivity contribution in [1.29, 1.82) is 0 Å². The summed E-state index contributed by atoms with van der Waals surface area (Å²) in [5.41, 5.74) is 0.